The van der Waals surface area contributed by atoms with E-state index in [0.29, 0.717) is 13.0 Å². The SMILES string of the molecule is CNC(CC1CCNC1=O)C(N)=O. The monoisotopic (exact) mass is 185 g/mol. The molecule has 0 spiro atoms. The summed E-state index contributed by atoms with van der Waals surface area (Å²) in [4.78, 5) is 22.0. The molecule has 2 atom stereocenters. The van der Waals surface area contributed by atoms with Gasteiger partial charge in [-0.15, -0.1) is 0 Å². The Balaban J connectivity index is 2.45. The van der Waals surface area contributed by atoms with Crippen LogP contribution in [0, 0.1) is 5.92 Å². The van der Waals surface area contributed by atoms with E-state index in [-0.39, 0.29) is 11.8 Å². The molecule has 5 heteroatoms. The summed E-state index contributed by atoms with van der Waals surface area (Å²) in [6.45, 7) is 0.707. The molecule has 2 amide bonds. The number of carbonyl (C=O) groups excluding carboxylic acids is 2. The lowest BCUT2D eigenvalue weighted by Gasteiger charge is -2.14. The molecular formula is C8H15N3O2. The van der Waals surface area contributed by atoms with Gasteiger partial charge in [0.05, 0.1) is 6.04 Å². The molecule has 0 radical (unpaired) electrons. The fourth-order valence-electron chi connectivity index (χ4n) is 1.53. The molecule has 1 fully saturated rings. The second-order valence-corrected chi connectivity index (χ2v) is 3.26. The third kappa shape index (κ3) is 2.42. The van der Waals surface area contributed by atoms with Crippen molar-refractivity contribution in [2.45, 2.75) is 18.9 Å². The Labute approximate surface area is 77.1 Å². The standard InChI is InChI=1S/C8H15N3O2/c1-10-6(7(9)12)4-5-2-3-11-8(5)13/h5-6,10H,2-4H2,1H3,(H2,9,12)(H,11,13). The minimum absolute atomic E-state index is 0.0292. The van der Waals surface area contributed by atoms with E-state index < -0.39 is 11.9 Å². The van der Waals surface area contributed by atoms with Gasteiger partial charge in [-0.25, -0.2) is 0 Å². The molecule has 0 saturated carbocycles. The summed E-state index contributed by atoms with van der Waals surface area (Å²) in [6.07, 6.45) is 1.29. The average molecular weight is 185 g/mol. The van der Waals surface area contributed by atoms with Gasteiger partial charge in [0.1, 0.15) is 0 Å². The van der Waals surface area contributed by atoms with Gasteiger partial charge in [-0.3, -0.25) is 9.59 Å². The Morgan fingerprint density at radius 1 is 1.85 bits per heavy atom. The van der Waals surface area contributed by atoms with Crippen LogP contribution in [0.25, 0.3) is 0 Å². The van der Waals surface area contributed by atoms with Crippen molar-refractivity contribution in [2.24, 2.45) is 11.7 Å². The zero-order valence-electron chi connectivity index (χ0n) is 7.67. The van der Waals surface area contributed by atoms with Crippen LogP contribution < -0.4 is 16.4 Å². The third-order valence-electron chi connectivity index (χ3n) is 2.37. The Kier molecular flexibility index (Phi) is 3.25. The molecule has 13 heavy (non-hydrogen) atoms. The molecule has 1 aliphatic heterocycles. The molecule has 1 heterocycles. The number of hydrogen-bond donors (Lipinski definition) is 3. The van der Waals surface area contributed by atoms with Crippen LogP contribution in [0.4, 0.5) is 0 Å². The van der Waals surface area contributed by atoms with Gasteiger partial charge in [-0.05, 0) is 19.9 Å². The first-order valence-electron chi connectivity index (χ1n) is 4.39. The molecule has 0 aromatic heterocycles. The zero-order valence-corrected chi connectivity index (χ0v) is 7.67. The zero-order chi connectivity index (χ0) is 9.84. The van der Waals surface area contributed by atoms with Crippen LogP contribution in [0.15, 0.2) is 0 Å². The molecule has 0 bridgehead atoms. The predicted octanol–water partition coefficient (Wildman–Crippen LogP) is -1.41. The minimum Gasteiger partial charge on any atom is -0.368 e. The molecule has 4 N–H and O–H groups in total. The van der Waals surface area contributed by atoms with Crippen molar-refractivity contribution in [2.75, 3.05) is 13.6 Å². The summed E-state index contributed by atoms with van der Waals surface area (Å²) in [5.41, 5.74) is 5.14. The van der Waals surface area contributed by atoms with E-state index >= 15 is 0 Å². The molecule has 0 aromatic carbocycles. The highest BCUT2D eigenvalue weighted by atomic mass is 16.2. The first-order chi connectivity index (χ1) is 6.15. The molecule has 5 nitrogen and oxygen atoms in total. The van der Waals surface area contributed by atoms with Crippen molar-refractivity contribution >= 4 is 11.8 Å². The van der Waals surface area contributed by atoms with Crippen LogP contribution in [0.1, 0.15) is 12.8 Å². The third-order valence-corrected chi connectivity index (χ3v) is 2.37. The number of nitrogens with one attached hydrogen (secondary N) is 2. The van der Waals surface area contributed by atoms with Crippen molar-refractivity contribution in [3.8, 4) is 0 Å². The predicted molar refractivity (Wildman–Crippen MR) is 47.8 cm³/mol. The summed E-state index contributed by atoms with van der Waals surface area (Å²) in [5.74, 6) is -0.436. The van der Waals surface area contributed by atoms with Gasteiger partial charge in [-0.2, -0.15) is 0 Å². The number of likely N-dealkylation sites (N-methyl/N-ethyl adjacent to an activating group) is 1. The fourth-order valence-corrected chi connectivity index (χ4v) is 1.53. The number of primary amides is 1. The molecule has 1 saturated heterocycles. The van der Waals surface area contributed by atoms with Gasteiger partial charge in [0.2, 0.25) is 11.8 Å². The fraction of sp³-hybridized carbons (Fsp3) is 0.750. The van der Waals surface area contributed by atoms with Crippen LogP contribution >= 0.6 is 0 Å². The first-order valence-corrected chi connectivity index (χ1v) is 4.39. The summed E-state index contributed by atoms with van der Waals surface area (Å²) in [5, 5.41) is 5.51. The van der Waals surface area contributed by atoms with Gasteiger partial charge in [-0.1, -0.05) is 0 Å². The summed E-state index contributed by atoms with van der Waals surface area (Å²) in [6, 6.07) is -0.395. The van der Waals surface area contributed by atoms with Crippen molar-refractivity contribution in [1.82, 2.24) is 10.6 Å². The van der Waals surface area contributed by atoms with Crippen molar-refractivity contribution < 1.29 is 9.59 Å². The largest absolute Gasteiger partial charge is 0.368 e. The number of rotatable bonds is 4. The van der Waals surface area contributed by atoms with Crippen molar-refractivity contribution in [3.63, 3.8) is 0 Å². The van der Waals surface area contributed by atoms with Gasteiger partial charge < -0.3 is 16.4 Å². The lowest BCUT2D eigenvalue weighted by atomic mass is 9.98. The highest BCUT2D eigenvalue weighted by Gasteiger charge is 2.28. The van der Waals surface area contributed by atoms with Crippen LogP contribution in [0.5, 0.6) is 0 Å². The maximum atomic E-state index is 11.2. The molecule has 0 aliphatic carbocycles. The molecule has 0 aromatic rings. The second-order valence-electron chi connectivity index (χ2n) is 3.26. The maximum absolute atomic E-state index is 11.2. The van der Waals surface area contributed by atoms with E-state index in [2.05, 4.69) is 10.6 Å². The Hall–Kier alpha value is -1.10. The number of amides is 2. The summed E-state index contributed by atoms with van der Waals surface area (Å²) in [7, 11) is 1.67. The Morgan fingerprint density at radius 3 is 2.92 bits per heavy atom. The van der Waals surface area contributed by atoms with Gasteiger partial charge in [0.15, 0.2) is 0 Å². The van der Waals surface area contributed by atoms with Gasteiger partial charge in [0.25, 0.3) is 0 Å². The minimum atomic E-state index is -0.401. The molecule has 1 aliphatic rings. The second kappa shape index (κ2) is 4.23. The van der Waals surface area contributed by atoms with E-state index in [4.69, 9.17) is 5.73 Å². The van der Waals surface area contributed by atoms with E-state index in [9.17, 15) is 9.59 Å². The van der Waals surface area contributed by atoms with E-state index in [1.54, 1.807) is 7.05 Å². The van der Waals surface area contributed by atoms with E-state index in [0.717, 1.165) is 6.42 Å². The topological polar surface area (TPSA) is 84.2 Å². The highest BCUT2D eigenvalue weighted by molar-refractivity contribution is 5.83. The van der Waals surface area contributed by atoms with Crippen molar-refractivity contribution in [3.05, 3.63) is 0 Å². The summed E-state index contributed by atoms with van der Waals surface area (Å²) < 4.78 is 0. The molecule has 74 valence electrons. The van der Waals surface area contributed by atoms with Crippen molar-refractivity contribution in [1.29, 1.82) is 0 Å². The van der Waals surface area contributed by atoms with Crippen LogP contribution in [-0.2, 0) is 9.59 Å². The molecular weight excluding hydrogens is 170 g/mol. The van der Waals surface area contributed by atoms with Gasteiger partial charge >= 0.3 is 0 Å². The average Bonchev–Trinajstić information content (AvgIpc) is 2.46. The summed E-state index contributed by atoms with van der Waals surface area (Å²) >= 11 is 0. The maximum Gasteiger partial charge on any atom is 0.234 e. The Morgan fingerprint density at radius 2 is 2.54 bits per heavy atom. The van der Waals surface area contributed by atoms with Crippen LogP contribution in [-0.4, -0.2) is 31.4 Å². The first kappa shape index (κ1) is 9.98. The highest BCUT2D eigenvalue weighted by Crippen LogP contribution is 2.15. The quantitative estimate of drug-likeness (QED) is 0.503. The molecule has 2 unspecified atom stereocenters. The lowest BCUT2D eigenvalue weighted by molar-refractivity contribution is -0.123. The number of nitrogens with two attached hydrogens (primary N) is 1. The Bertz CT molecular complexity index is 217. The van der Waals surface area contributed by atoms with Gasteiger partial charge in [0, 0.05) is 12.5 Å². The normalized spacial score (nSPS) is 24.1. The van der Waals surface area contributed by atoms with Crippen LogP contribution in [0.2, 0.25) is 0 Å². The number of hydrogen-bond acceptors (Lipinski definition) is 3. The smallest absolute Gasteiger partial charge is 0.234 e. The van der Waals surface area contributed by atoms with E-state index in [1.165, 1.54) is 0 Å². The number of carbonyl (C=O) groups is 2. The van der Waals surface area contributed by atoms with E-state index in [1.807, 2.05) is 0 Å². The molecule has 1 rings (SSSR count). The lowest BCUT2D eigenvalue weighted by Crippen LogP contribution is -2.41. The van der Waals surface area contributed by atoms with Crippen LogP contribution in [0.3, 0.4) is 0 Å².